The summed E-state index contributed by atoms with van der Waals surface area (Å²) in [5.74, 6) is -0.381. The van der Waals surface area contributed by atoms with Crippen LogP contribution < -0.4 is 10.5 Å². The number of sulfonamides is 1. The van der Waals surface area contributed by atoms with Gasteiger partial charge in [-0.05, 0) is 30.2 Å². The molecule has 0 saturated heterocycles. The molecule has 170 valence electrons. The normalized spacial score (nSPS) is 11.4. The van der Waals surface area contributed by atoms with Crippen LogP contribution in [0.3, 0.4) is 0 Å². The van der Waals surface area contributed by atoms with Gasteiger partial charge in [-0.3, -0.25) is 9.59 Å². The average Bonchev–Trinajstić information content (AvgIpc) is 3.11. The van der Waals surface area contributed by atoms with Crippen molar-refractivity contribution in [3.63, 3.8) is 0 Å². The average molecular weight is 459 g/mol. The van der Waals surface area contributed by atoms with Gasteiger partial charge in [-0.15, -0.1) is 0 Å². The third kappa shape index (κ3) is 6.14. The number of esters is 1. The number of imidazole rings is 1. The van der Waals surface area contributed by atoms with Gasteiger partial charge >= 0.3 is 5.97 Å². The van der Waals surface area contributed by atoms with Gasteiger partial charge in [0.15, 0.2) is 0 Å². The lowest BCUT2D eigenvalue weighted by Crippen LogP contribution is -2.31. The molecule has 3 rings (SSSR count). The van der Waals surface area contributed by atoms with E-state index in [0.29, 0.717) is 17.9 Å². The number of amides is 1. The minimum atomic E-state index is -3.85. The maximum absolute atomic E-state index is 12.1. The summed E-state index contributed by atoms with van der Waals surface area (Å²) in [5, 5.41) is 7.76. The van der Waals surface area contributed by atoms with Gasteiger partial charge < -0.3 is 14.6 Å². The van der Waals surface area contributed by atoms with Crippen molar-refractivity contribution in [2.24, 2.45) is 5.14 Å². The van der Waals surface area contributed by atoms with Crippen LogP contribution in [-0.2, 0) is 43.9 Å². The molecule has 2 aromatic carbocycles. The van der Waals surface area contributed by atoms with Gasteiger partial charge in [0.1, 0.15) is 19.0 Å². The highest BCUT2D eigenvalue weighted by Crippen LogP contribution is 2.21. The highest BCUT2D eigenvalue weighted by molar-refractivity contribution is 7.89. The third-order valence-electron chi connectivity index (χ3n) is 4.86. The van der Waals surface area contributed by atoms with E-state index in [1.807, 2.05) is 34.9 Å². The number of rotatable bonds is 10. The topological polar surface area (TPSA) is 133 Å². The standard InChI is InChI=1S/C22H26N4O5S/c1-2-3-11-26-19-10-9-17(32(23,29)30)13-18(19)25-20(26)15-31-22(28)14-24-21(27)12-16-7-5-4-6-8-16/h4-10,13H,2-3,11-12,14-15H2,1H3,(H,24,27)(H2,23,29,30). The van der Waals surface area contributed by atoms with Crippen LogP contribution in [0, 0.1) is 0 Å². The molecule has 0 fully saturated rings. The first-order valence-electron chi connectivity index (χ1n) is 10.3. The number of aromatic nitrogens is 2. The summed E-state index contributed by atoms with van der Waals surface area (Å²) >= 11 is 0. The molecule has 0 unspecified atom stereocenters. The van der Waals surface area contributed by atoms with Crippen molar-refractivity contribution < 1.29 is 22.7 Å². The Morgan fingerprint density at radius 1 is 1.16 bits per heavy atom. The van der Waals surface area contributed by atoms with E-state index < -0.39 is 16.0 Å². The minimum absolute atomic E-state index is 0.0326. The Balaban J connectivity index is 1.64. The van der Waals surface area contributed by atoms with Gasteiger partial charge in [-0.25, -0.2) is 18.5 Å². The van der Waals surface area contributed by atoms with Crippen molar-refractivity contribution in [2.45, 2.75) is 44.2 Å². The summed E-state index contributed by atoms with van der Waals surface area (Å²) in [6.07, 6.45) is 1.99. The van der Waals surface area contributed by atoms with Gasteiger partial charge in [0, 0.05) is 6.54 Å². The van der Waals surface area contributed by atoms with E-state index in [-0.39, 0.29) is 30.4 Å². The predicted octanol–water partition coefficient (Wildman–Crippen LogP) is 1.89. The van der Waals surface area contributed by atoms with Gasteiger partial charge in [0.05, 0.1) is 22.3 Å². The highest BCUT2D eigenvalue weighted by atomic mass is 32.2. The lowest BCUT2D eigenvalue weighted by atomic mass is 10.1. The Morgan fingerprint density at radius 3 is 2.59 bits per heavy atom. The van der Waals surface area contributed by atoms with E-state index in [2.05, 4.69) is 17.2 Å². The Labute approximate surface area is 186 Å². The van der Waals surface area contributed by atoms with E-state index in [9.17, 15) is 18.0 Å². The zero-order valence-corrected chi connectivity index (χ0v) is 18.6. The number of hydrogen-bond acceptors (Lipinski definition) is 6. The van der Waals surface area contributed by atoms with E-state index in [4.69, 9.17) is 9.88 Å². The second kappa shape index (κ2) is 10.4. The van der Waals surface area contributed by atoms with E-state index in [1.165, 1.54) is 12.1 Å². The molecule has 1 aromatic heterocycles. The zero-order chi connectivity index (χ0) is 23.1. The number of carbonyl (C=O) groups excluding carboxylic acids is 2. The Kier molecular flexibility index (Phi) is 7.60. The number of unbranched alkanes of at least 4 members (excludes halogenated alkanes) is 1. The number of nitrogens with one attached hydrogen (secondary N) is 1. The highest BCUT2D eigenvalue weighted by Gasteiger charge is 2.16. The van der Waals surface area contributed by atoms with Crippen molar-refractivity contribution in [3.05, 3.63) is 59.9 Å². The monoisotopic (exact) mass is 458 g/mol. The van der Waals surface area contributed by atoms with E-state index in [0.717, 1.165) is 23.9 Å². The molecule has 0 radical (unpaired) electrons. The number of nitrogens with two attached hydrogens (primary N) is 1. The third-order valence-corrected chi connectivity index (χ3v) is 5.77. The first-order chi connectivity index (χ1) is 15.3. The summed E-state index contributed by atoms with van der Waals surface area (Å²) in [6, 6.07) is 13.7. The molecular formula is C22H26N4O5S. The molecule has 0 spiro atoms. The van der Waals surface area contributed by atoms with Gasteiger partial charge in [-0.1, -0.05) is 43.7 Å². The molecule has 0 atom stereocenters. The number of benzene rings is 2. The maximum Gasteiger partial charge on any atom is 0.325 e. The Morgan fingerprint density at radius 2 is 1.91 bits per heavy atom. The maximum atomic E-state index is 12.1. The molecule has 3 aromatic rings. The van der Waals surface area contributed by atoms with Crippen LogP contribution in [0.25, 0.3) is 11.0 Å². The van der Waals surface area contributed by atoms with Crippen molar-refractivity contribution in [1.29, 1.82) is 0 Å². The lowest BCUT2D eigenvalue weighted by Gasteiger charge is -2.10. The van der Waals surface area contributed by atoms with Crippen molar-refractivity contribution >= 4 is 32.9 Å². The number of fused-ring (bicyclic) bond motifs is 1. The Bertz CT molecular complexity index is 1210. The second-order valence-electron chi connectivity index (χ2n) is 7.33. The molecule has 0 aliphatic heterocycles. The van der Waals surface area contributed by atoms with Gasteiger partial charge in [0.25, 0.3) is 0 Å². The number of hydrogen-bond donors (Lipinski definition) is 2. The minimum Gasteiger partial charge on any atom is -0.456 e. The summed E-state index contributed by atoms with van der Waals surface area (Å²) in [6.45, 7) is 2.34. The molecule has 3 N–H and O–H groups in total. The molecule has 32 heavy (non-hydrogen) atoms. The van der Waals surface area contributed by atoms with Crippen LogP contribution in [0.2, 0.25) is 0 Å². The molecule has 0 aliphatic rings. The number of primary sulfonamides is 1. The summed E-state index contributed by atoms with van der Waals surface area (Å²) in [4.78, 5) is 28.5. The van der Waals surface area contributed by atoms with E-state index in [1.54, 1.807) is 6.07 Å². The van der Waals surface area contributed by atoms with Crippen molar-refractivity contribution in [1.82, 2.24) is 14.9 Å². The molecule has 9 nitrogen and oxygen atoms in total. The zero-order valence-electron chi connectivity index (χ0n) is 17.8. The first kappa shape index (κ1) is 23.4. The van der Waals surface area contributed by atoms with E-state index >= 15 is 0 Å². The summed E-state index contributed by atoms with van der Waals surface area (Å²) in [7, 11) is -3.85. The number of aryl methyl sites for hydroxylation is 1. The molecule has 0 saturated carbocycles. The first-order valence-corrected chi connectivity index (χ1v) is 11.8. The predicted molar refractivity (Wildman–Crippen MR) is 119 cm³/mol. The van der Waals surface area contributed by atoms with Gasteiger partial charge in [-0.2, -0.15) is 0 Å². The van der Waals surface area contributed by atoms with Crippen molar-refractivity contribution in [2.75, 3.05) is 6.54 Å². The van der Waals surface area contributed by atoms with Crippen LogP contribution in [0.5, 0.6) is 0 Å². The van der Waals surface area contributed by atoms with Gasteiger partial charge in [0.2, 0.25) is 15.9 Å². The fourth-order valence-electron chi connectivity index (χ4n) is 3.22. The molecule has 1 heterocycles. The van der Waals surface area contributed by atoms with Crippen LogP contribution in [-0.4, -0.2) is 36.4 Å². The molecule has 0 bridgehead atoms. The molecule has 10 heteroatoms. The SMILES string of the molecule is CCCCn1c(COC(=O)CNC(=O)Cc2ccccc2)nc2cc(S(N)(=O)=O)ccc21. The fraction of sp³-hybridized carbons (Fsp3) is 0.318. The Hall–Kier alpha value is -3.24. The van der Waals surface area contributed by atoms with Crippen LogP contribution in [0.4, 0.5) is 0 Å². The number of ether oxygens (including phenoxy) is 1. The number of carbonyl (C=O) groups is 2. The summed E-state index contributed by atoms with van der Waals surface area (Å²) in [5.41, 5.74) is 2.03. The van der Waals surface area contributed by atoms with Crippen LogP contribution >= 0.6 is 0 Å². The second-order valence-corrected chi connectivity index (χ2v) is 8.89. The van der Waals surface area contributed by atoms with Crippen LogP contribution in [0.15, 0.2) is 53.4 Å². The van der Waals surface area contributed by atoms with Crippen molar-refractivity contribution in [3.8, 4) is 0 Å². The smallest absolute Gasteiger partial charge is 0.325 e. The molecular weight excluding hydrogens is 432 g/mol. The summed E-state index contributed by atoms with van der Waals surface area (Å²) < 4.78 is 30.5. The largest absolute Gasteiger partial charge is 0.456 e. The number of nitrogens with zero attached hydrogens (tertiary/aromatic N) is 2. The lowest BCUT2D eigenvalue weighted by molar-refractivity contribution is -0.145. The molecule has 0 aliphatic carbocycles. The quantitative estimate of drug-likeness (QED) is 0.446. The molecule has 1 amide bonds. The van der Waals surface area contributed by atoms with Crippen LogP contribution in [0.1, 0.15) is 31.2 Å². The fourth-order valence-corrected chi connectivity index (χ4v) is 3.76.